The molecule has 0 aliphatic carbocycles. The number of rotatable bonds is 6. The Morgan fingerprint density at radius 3 is 1.84 bits per heavy atom. The predicted molar refractivity (Wildman–Crippen MR) is 126 cm³/mol. The Labute approximate surface area is 183 Å². The molecule has 3 aromatic carbocycles. The maximum Gasteiger partial charge on any atom is 0.203 e. The van der Waals surface area contributed by atoms with Gasteiger partial charge in [-0.25, -0.2) is 0 Å². The van der Waals surface area contributed by atoms with Crippen LogP contribution in [0.2, 0.25) is 0 Å². The van der Waals surface area contributed by atoms with Crippen molar-refractivity contribution in [3.63, 3.8) is 0 Å². The quantitative estimate of drug-likeness (QED) is 0.442. The average Bonchev–Trinajstić information content (AvgIpc) is 3.05. The van der Waals surface area contributed by atoms with E-state index in [0.717, 1.165) is 16.6 Å². The van der Waals surface area contributed by atoms with Crippen LogP contribution in [0.15, 0.2) is 72.8 Å². The van der Waals surface area contributed by atoms with Gasteiger partial charge in [-0.05, 0) is 57.4 Å². The van der Waals surface area contributed by atoms with E-state index in [-0.39, 0.29) is 12.1 Å². The van der Waals surface area contributed by atoms with Gasteiger partial charge in [0.05, 0.1) is 29.2 Å². The van der Waals surface area contributed by atoms with Gasteiger partial charge < -0.3 is 14.2 Å². The first-order chi connectivity index (χ1) is 14.9. The highest BCUT2D eigenvalue weighted by Gasteiger charge is 2.25. The Kier molecular flexibility index (Phi) is 5.84. The zero-order valence-electron chi connectivity index (χ0n) is 18.7. The lowest BCUT2D eigenvalue weighted by molar-refractivity contribution is 0.128. The lowest BCUT2D eigenvalue weighted by Gasteiger charge is -2.23. The normalized spacial score (nSPS) is 14.5. The van der Waals surface area contributed by atoms with Crippen molar-refractivity contribution in [1.82, 2.24) is 9.13 Å². The summed E-state index contributed by atoms with van der Waals surface area (Å²) < 4.78 is 4.08. The number of aryl methyl sites for hydroxylation is 2. The summed E-state index contributed by atoms with van der Waals surface area (Å²) >= 11 is 0. The second-order valence-corrected chi connectivity index (χ2v) is 8.64. The van der Waals surface area contributed by atoms with E-state index >= 15 is 0 Å². The number of benzene rings is 3. The molecule has 160 valence electrons. The van der Waals surface area contributed by atoms with Crippen LogP contribution in [-0.2, 0) is 6.42 Å². The minimum absolute atomic E-state index is 0.00766. The van der Waals surface area contributed by atoms with Crippen molar-refractivity contribution in [2.45, 2.75) is 52.3 Å². The third-order valence-electron chi connectivity index (χ3n) is 6.26. The molecule has 0 bridgehead atoms. The second kappa shape index (κ2) is 8.56. The zero-order chi connectivity index (χ0) is 22.1. The summed E-state index contributed by atoms with van der Waals surface area (Å²) in [5, 5.41) is 19.9. The highest BCUT2D eigenvalue weighted by atomic mass is 16.3. The van der Waals surface area contributed by atoms with E-state index in [1.807, 2.05) is 23.6 Å². The van der Waals surface area contributed by atoms with Crippen LogP contribution in [0, 0.1) is 19.3 Å². The first-order valence-electron chi connectivity index (χ1n) is 10.9. The molecule has 0 radical (unpaired) electrons. The number of hydrogen-bond donors (Lipinski definition) is 2. The fourth-order valence-electron chi connectivity index (χ4n) is 4.38. The average molecular weight is 414 g/mol. The van der Waals surface area contributed by atoms with Gasteiger partial charge >= 0.3 is 0 Å². The molecule has 3 atom stereocenters. The third-order valence-corrected chi connectivity index (χ3v) is 6.26. The van der Waals surface area contributed by atoms with Crippen molar-refractivity contribution in [1.29, 1.82) is 5.41 Å². The molecular weight excluding hydrogens is 382 g/mol. The number of aliphatic hydroxyl groups is 1. The smallest absolute Gasteiger partial charge is 0.203 e. The molecule has 31 heavy (non-hydrogen) atoms. The zero-order valence-corrected chi connectivity index (χ0v) is 18.7. The van der Waals surface area contributed by atoms with E-state index in [2.05, 4.69) is 86.0 Å². The molecule has 0 saturated carbocycles. The molecule has 0 aliphatic rings. The highest BCUT2D eigenvalue weighted by Crippen LogP contribution is 2.27. The molecule has 0 fully saturated rings. The minimum Gasteiger partial charge on any atom is -0.391 e. The van der Waals surface area contributed by atoms with E-state index in [4.69, 9.17) is 5.41 Å². The van der Waals surface area contributed by atoms with Crippen LogP contribution in [0.25, 0.3) is 11.0 Å². The number of hydrogen-bond acceptors (Lipinski definition) is 2. The second-order valence-electron chi connectivity index (χ2n) is 8.64. The molecule has 0 saturated heterocycles. The highest BCUT2D eigenvalue weighted by molar-refractivity contribution is 5.76. The Morgan fingerprint density at radius 2 is 1.29 bits per heavy atom. The Hall–Kier alpha value is -3.11. The Bertz CT molecular complexity index is 1230. The van der Waals surface area contributed by atoms with E-state index in [0.29, 0.717) is 12.0 Å². The SMILES string of the molecule is Cc1ccc(CC([C@@H](C)O)n2c(=N)n(C(C)c3ccc(C)cc3)c3ccccc32)cc1. The lowest BCUT2D eigenvalue weighted by atomic mass is 10.0. The molecule has 4 aromatic rings. The maximum atomic E-state index is 10.7. The minimum atomic E-state index is -0.593. The number of aliphatic hydroxyl groups excluding tert-OH is 1. The number of para-hydroxylation sites is 2. The van der Waals surface area contributed by atoms with Gasteiger partial charge in [0.25, 0.3) is 0 Å². The fourth-order valence-corrected chi connectivity index (χ4v) is 4.38. The number of nitrogens with one attached hydrogen (secondary N) is 1. The van der Waals surface area contributed by atoms with Gasteiger partial charge in [-0.3, -0.25) is 5.41 Å². The third kappa shape index (κ3) is 4.08. The van der Waals surface area contributed by atoms with Crippen LogP contribution >= 0.6 is 0 Å². The first-order valence-corrected chi connectivity index (χ1v) is 10.9. The summed E-state index contributed by atoms with van der Waals surface area (Å²) in [7, 11) is 0. The van der Waals surface area contributed by atoms with Crippen molar-refractivity contribution >= 4 is 11.0 Å². The Balaban J connectivity index is 1.85. The molecule has 2 N–H and O–H groups in total. The van der Waals surface area contributed by atoms with Crippen molar-refractivity contribution in [2.24, 2.45) is 0 Å². The summed E-state index contributed by atoms with van der Waals surface area (Å²) in [4.78, 5) is 0. The van der Waals surface area contributed by atoms with Crippen molar-refractivity contribution in [3.8, 4) is 0 Å². The van der Waals surface area contributed by atoms with Crippen LogP contribution in [0.4, 0.5) is 0 Å². The van der Waals surface area contributed by atoms with E-state index in [1.54, 1.807) is 0 Å². The molecule has 0 aliphatic heterocycles. The monoisotopic (exact) mass is 413 g/mol. The van der Waals surface area contributed by atoms with Crippen molar-refractivity contribution in [2.75, 3.05) is 0 Å². The van der Waals surface area contributed by atoms with Crippen LogP contribution in [0.5, 0.6) is 0 Å². The number of aromatic nitrogens is 2. The lowest BCUT2D eigenvalue weighted by Crippen LogP contribution is -2.34. The topological polar surface area (TPSA) is 53.9 Å². The first kappa shape index (κ1) is 21.1. The van der Waals surface area contributed by atoms with E-state index in [9.17, 15) is 5.11 Å². The van der Waals surface area contributed by atoms with Crippen LogP contribution in [-0.4, -0.2) is 20.3 Å². The van der Waals surface area contributed by atoms with Crippen LogP contribution in [0.1, 0.15) is 48.2 Å². The van der Waals surface area contributed by atoms with Gasteiger partial charge in [0, 0.05) is 0 Å². The van der Waals surface area contributed by atoms with Crippen LogP contribution in [0.3, 0.4) is 0 Å². The number of fused-ring (bicyclic) bond motifs is 1. The molecule has 0 spiro atoms. The molecule has 1 heterocycles. The standard InChI is InChI=1S/C27H31N3O/c1-18-9-13-22(14-10-18)17-26(21(4)31)30-25-8-6-5-7-24(25)29(27(30)28)20(3)23-15-11-19(2)12-16-23/h5-16,20-21,26,28,31H,17H2,1-4H3/t20?,21-,26?/m1/s1. The van der Waals surface area contributed by atoms with Gasteiger partial charge in [-0.2, -0.15) is 0 Å². The fraction of sp³-hybridized carbons (Fsp3) is 0.296. The number of imidazole rings is 1. The largest absolute Gasteiger partial charge is 0.391 e. The Morgan fingerprint density at radius 1 is 0.774 bits per heavy atom. The van der Waals surface area contributed by atoms with E-state index in [1.165, 1.54) is 16.7 Å². The molecule has 4 nitrogen and oxygen atoms in total. The van der Waals surface area contributed by atoms with Crippen LogP contribution < -0.4 is 5.62 Å². The molecule has 2 unspecified atom stereocenters. The maximum absolute atomic E-state index is 10.7. The summed E-state index contributed by atoms with van der Waals surface area (Å²) in [5.41, 5.74) is 7.16. The molecular formula is C27H31N3O. The summed E-state index contributed by atoms with van der Waals surface area (Å²) in [5.74, 6) is 0. The van der Waals surface area contributed by atoms with Gasteiger partial charge in [0.1, 0.15) is 0 Å². The van der Waals surface area contributed by atoms with Crippen molar-refractivity contribution in [3.05, 3.63) is 101 Å². The van der Waals surface area contributed by atoms with Gasteiger partial charge in [0.2, 0.25) is 5.62 Å². The summed E-state index contributed by atoms with van der Waals surface area (Å²) in [6.07, 6.45) is 0.0749. The van der Waals surface area contributed by atoms with E-state index < -0.39 is 6.10 Å². The molecule has 4 rings (SSSR count). The van der Waals surface area contributed by atoms with Gasteiger partial charge in [-0.1, -0.05) is 71.8 Å². The van der Waals surface area contributed by atoms with Gasteiger partial charge in [-0.15, -0.1) is 0 Å². The molecule has 4 heteroatoms. The van der Waals surface area contributed by atoms with Crippen molar-refractivity contribution < 1.29 is 5.11 Å². The molecule has 0 amide bonds. The summed E-state index contributed by atoms with van der Waals surface area (Å²) in [6, 6.07) is 24.9. The molecule has 1 aromatic heterocycles. The predicted octanol–water partition coefficient (Wildman–Crippen LogP) is 5.31. The van der Waals surface area contributed by atoms with Gasteiger partial charge in [0.15, 0.2) is 0 Å². The summed E-state index contributed by atoms with van der Waals surface area (Å²) in [6.45, 7) is 8.12. The number of nitrogens with zero attached hydrogens (tertiary/aromatic N) is 2.